The molecular weight excluding hydrogens is 1230 g/mol. The summed E-state index contributed by atoms with van der Waals surface area (Å²) in [5, 5.41) is 88.7. The topological polar surface area (TPSA) is 433 Å². The molecular formula is C62H98N14O18. The minimum Gasteiger partial charge on any atom is -0.481 e. The van der Waals surface area contributed by atoms with E-state index in [1.165, 1.54) is 12.8 Å². The second-order valence-corrected chi connectivity index (χ2v) is 24.5. The fraction of sp³-hybridized carbons (Fsp3) is 0.694. The molecule has 1 aromatic carbocycles. The zero-order valence-electron chi connectivity index (χ0n) is 54.1. The van der Waals surface area contributed by atoms with Crippen LogP contribution in [0.5, 0.6) is 0 Å². The van der Waals surface area contributed by atoms with E-state index >= 15 is 0 Å². The van der Waals surface area contributed by atoms with E-state index in [1.54, 1.807) is 24.6 Å². The number of piperazine rings is 1. The molecule has 11 N–H and O–H groups in total. The van der Waals surface area contributed by atoms with E-state index in [4.69, 9.17) is 20.1 Å². The Morgan fingerprint density at radius 1 is 0.511 bits per heavy atom. The largest absolute Gasteiger partial charge is 0.481 e. The summed E-state index contributed by atoms with van der Waals surface area (Å²) in [6.45, 7) is 4.63. The highest BCUT2D eigenvalue weighted by atomic mass is 16.4. The van der Waals surface area contributed by atoms with Gasteiger partial charge in [-0.25, -0.2) is 19.4 Å². The second kappa shape index (κ2) is 40.9. The Balaban J connectivity index is 1.36. The second-order valence-electron chi connectivity index (χ2n) is 24.5. The number of benzene rings is 1. The predicted octanol–water partition coefficient (Wildman–Crippen LogP) is 3.19. The first-order valence-corrected chi connectivity index (χ1v) is 32.9. The SMILES string of the molecule is CCCCCCCCCCC(=O)N(CCCC[C@H](NC(=O)N[C@@H](CCC(=O)O)C(=O)O)C(=O)O)N1CCN(c2nc(Nc3ccc(CC4CN(CC(=O)O)CCN(CC(=O)O)CCN(CC(=O)O)CCN4CC(=O)O)cc3)nc(N3CCC(CCCC(=O)O)CC3)n2)CC1. The number of urea groups is 1. The van der Waals surface area contributed by atoms with E-state index in [9.17, 15) is 83.7 Å². The molecule has 2 aromatic rings. The van der Waals surface area contributed by atoms with Crippen LogP contribution in [0.2, 0.25) is 0 Å². The van der Waals surface area contributed by atoms with E-state index in [-0.39, 0.29) is 103 Å². The Morgan fingerprint density at radius 3 is 1.56 bits per heavy atom. The number of hydrogen-bond donors (Lipinski definition) is 11. The normalized spacial score (nSPS) is 17.6. The van der Waals surface area contributed by atoms with Gasteiger partial charge in [-0.1, -0.05) is 64.0 Å². The van der Waals surface area contributed by atoms with Crippen molar-refractivity contribution in [3.05, 3.63) is 29.8 Å². The van der Waals surface area contributed by atoms with Crippen molar-refractivity contribution in [3.8, 4) is 0 Å². The number of nitrogens with one attached hydrogen (secondary N) is 3. The number of aromatic nitrogens is 3. The lowest BCUT2D eigenvalue weighted by molar-refractivity contribution is -0.150. The smallest absolute Gasteiger partial charge is 0.326 e. The number of anilines is 4. The number of hydrogen-bond acceptors (Lipinski definition) is 21. The van der Waals surface area contributed by atoms with Crippen molar-refractivity contribution in [2.75, 3.05) is 133 Å². The Hall–Kier alpha value is -8.07. The minimum atomic E-state index is -1.56. The van der Waals surface area contributed by atoms with Crippen LogP contribution in [0.15, 0.2) is 24.3 Å². The monoisotopic (exact) mass is 1330 g/mol. The molecule has 3 amide bonds. The maximum Gasteiger partial charge on any atom is 0.326 e. The highest BCUT2D eigenvalue weighted by molar-refractivity contribution is 5.86. The fourth-order valence-corrected chi connectivity index (χ4v) is 12.0. The van der Waals surface area contributed by atoms with Crippen molar-refractivity contribution in [1.29, 1.82) is 0 Å². The molecule has 4 heterocycles. The summed E-state index contributed by atoms with van der Waals surface area (Å²) in [6, 6.07) is 2.67. The first-order valence-electron chi connectivity index (χ1n) is 32.9. The molecule has 3 aliphatic heterocycles. The number of hydrazine groups is 1. The van der Waals surface area contributed by atoms with Gasteiger partial charge in [0.05, 0.1) is 26.2 Å². The van der Waals surface area contributed by atoms with Crippen molar-refractivity contribution in [2.24, 2.45) is 5.92 Å². The van der Waals surface area contributed by atoms with Crippen molar-refractivity contribution in [2.45, 2.75) is 153 Å². The first-order chi connectivity index (χ1) is 44.9. The fourth-order valence-electron chi connectivity index (χ4n) is 12.0. The molecule has 32 heteroatoms. The Morgan fingerprint density at radius 2 is 1.02 bits per heavy atom. The van der Waals surface area contributed by atoms with Crippen LogP contribution in [0.3, 0.4) is 0 Å². The van der Waals surface area contributed by atoms with Crippen LogP contribution < -0.4 is 25.8 Å². The number of carboxylic acids is 8. The maximum absolute atomic E-state index is 14.2. The molecule has 1 unspecified atom stereocenters. The first kappa shape index (κ1) is 76.6. The van der Waals surface area contributed by atoms with Crippen LogP contribution in [0.25, 0.3) is 0 Å². The number of aliphatic carboxylic acids is 8. The van der Waals surface area contributed by atoms with Gasteiger partial charge in [0.15, 0.2) is 0 Å². The van der Waals surface area contributed by atoms with Gasteiger partial charge in [0.1, 0.15) is 12.1 Å². The third kappa shape index (κ3) is 29.1. The molecule has 524 valence electrons. The van der Waals surface area contributed by atoms with Crippen molar-refractivity contribution in [3.63, 3.8) is 0 Å². The maximum atomic E-state index is 14.2. The molecule has 5 rings (SSSR count). The lowest BCUT2D eigenvalue weighted by Gasteiger charge is -2.41. The van der Waals surface area contributed by atoms with Gasteiger partial charge in [-0.15, -0.1) is 0 Å². The molecule has 3 fully saturated rings. The van der Waals surface area contributed by atoms with Crippen LogP contribution in [0.1, 0.15) is 134 Å². The highest BCUT2D eigenvalue weighted by Crippen LogP contribution is 2.28. The van der Waals surface area contributed by atoms with E-state index in [0.29, 0.717) is 88.5 Å². The van der Waals surface area contributed by atoms with E-state index in [2.05, 4.69) is 27.8 Å². The molecule has 1 aromatic heterocycles. The molecule has 0 saturated carbocycles. The molecule has 0 aliphatic carbocycles. The molecule has 3 atom stereocenters. The van der Waals surface area contributed by atoms with Gasteiger partial charge in [0.25, 0.3) is 0 Å². The lowest BCUT2D eigenvalue weighted by Crippen LogP contribution is -2.56. The highest BCUT2D eigenvalue weighted by Gasteiger charge is 2.32. The van der Waals surface area contributed by atoms with Crippen LogP contribution in [0.4, 0.5) is 28.3 Å². The van der Waals surface area contributed by atoms with Crippen LogP contribution in [-0.2, 0) is 49.6 Å². The number of nitrogens with zero attached hydrogens (tertiary/aromatic N) is 11. The van der Waals surface area contributed by atoms with Crippen LogP contribution in [0, 0.1) is 5.92 Å². The quantitative estimate of drug-likeness (QED) is 0.0427. The van der Waals surface area contributed by atoms with Crippen LogP contribution >= 0.6 is 0 Å². The van der Waals surface area contributed by atoms with Gasteiger partial charge in [-0.2, -0.15) is 15.0 Å². The third-order valence-electron chi connectivity index (χ3n) is 17.1. The Labute approximate surface area is 547 Å². The molecule has 0 spiro atoms. The number of carbonyl (C=O) groups excluding carboxylic acids is 2. The van der Waals surface area contributed by atoms with Crippen molar-refractivity contribution >= 4 is 83.2 Å². The molecule has 3 aliphatic rings. The number of carbonyl (C=O) groups is 10. The summed E-state index contributed by atoms with van der Waals surface area (Å²) < 4.78 is 0. The Kier molecular flexibility index (Phi) is 33.4. The van der Waals surface area contributed by atoms with Crippen molar-refractivity contribution in [1.82, 2.24) is 55.2 Å². The zero-order valence-corrected chi connectivity index (χ0v) is 54.1. The zero-order chi connectivity index (χ0) is 68.5. The van der Waals surface area contributed by atoms with Gasteiger partial charge in [-0.3, -0.25) is 58.2 Å². The number of rotatable bonds is 40. The molecule has 3 saturated heterocycles. The molecule has 0 radical (unpaired) electrons. The summed E-state index contributed by atoms with van der Waals surface area (Å²) in [4.78, 5) is 147. The summed E-state index contributed by atoms with van der Waals surface area (Å²) >= 11 is 0. The minimum absolute atomic E-state index is 0.0478. The van der Waals surface area contributed by atoms with E-state index in [0.717, 1.165) is 56.9 Å². The van der Waals surface area contributed by atoms with Gasteiger partial charge in [0, 0.05) is 123 Å². The molecule has 32 nitrogen and oxygen atoms in total. The summed E-state index contributed by atoms with van der Waals surface area (Å²) in [7, 11) is 0. The predicted molar refractivity (Wildman–Crippen MR) is 343 cm³/mol. The Bertz CT molecular complexity index is 2770. The van der Waals surface area contributed by atoms with E-state index < -0.39 is 97.8 Å². The number of unbranched alkanes of at least 4 members (excludes halogenated alkanes) is 8. The van der Waals surface area contributed by atoms with Gasteiger partial charge < -0.3 is 66.6 Å². The van der Waals surface area contributed by atoms with Crippen molar-refractivity contribution < 1.29 is 88.8 Å². The third-order valence-corrected chi connectivity index (χ3v) is 17.1. The summed E-state index contributed by atoms with van der Waals surface area (Å²) in [6.07, 6.45) is 11.5. The van der Waals surface area contributed by atoms with E-state index in [1.807, 2.05) is 34.2 Å². The number of amides is 3. The summed E-state index contributed by atoms with van der Waals surface area (Å²) in [5.41, 5.74) is 1.35. The number of carboxylic acid groups (broad SMARTS) is 8. The van der Waals surface area contributed by atoms with Gasteiger partial charge in [0.2, 0.25) is 23.8 Å². The molecule has 0 bridgehead atoms. The molecule has 94 heavy (non-hydrogen) atoms. The van der Waals surface area contributed by atoms with Crippen LogP contribution in [-0.4, -0.2) is 281 Å². The van der Waals surface area contributed by atoms with Gasteiger partial charge in [-0.05, 0) is 87.8 Å². The van der Waals surface area contributed by atoms with Gasteiger partial charge >= 0.3 is 53.8 Å². The average Bonchev–Trinajstić information content (AvgIpc) is 0.817. The standard InChI is InChI=1S/C62H98N14O18/c1-2-3-4-5-6-7-8-9-15-50(77)76(25-11-10-14-48(57(90)91)64-62(94)65-49(58(92)93)21-22-52(80)81)75-36-34-73(35-37-75)61-67-59(66-60(68-61)72-26-23-44(24-27-72)13-12-16-51(78)79)63-46-19-17-45(18-20-46)38-47-39-71(42-55(86)87)31-30-69(40-53(82)83)28-29-70(41-54(84)85)32-33-74(47)43-56(88)89/h17-20,44,47-49H,2-16,21-43H2,1H3,(H,78,79)(H,80,81)(H,82,83)(H,84,85)(H,86,87)(H,88,89)(H,90,91)(H,92,93)(H2,64,65,94)(H,63,66,67,68)/t47?,48-,49-/m0/s1. The number of piperidine rings is 1. The summed E-state index contributed by atoms with van der Waals surface area (Å²) in [5.74, 6) is -8.14. The average molecular weight is 1330 g/mol. The lowest BCUT2D eigenvalue weighted by atomic mass is 9.92.